The SMILES string of the molecule is COC(=O)c1c(-c2ccc(C)cc2)csc1NC(=O)CN1CCN(C(=O)c2sc3cc([N+](=O)[O-])ccc3c2Cl)CC1. The predicted molar refractivity (Wildman–Crippen MR) is 160 cm³/mol. The number of nitro benzene ring substituents is 1. The van der Waals surface area contributed by atoms with Crippen molar-refractivity contribution >= 4 is 72.8 Å². The van der Waals surface area contributed by atoms with Crippen molar-refractivity contribution in [3.63, 3.8) is 0 Å². The van der Waals surface area contributed by atoms with Gasteiger partial charge >= 0.3 is 5.97 Å². The number of fused-ring (bicyclic) bond motifs is 1. The Labute approximate surface area is 248 Å². The van der Waals surface area contributed by atoms with Crippen LogP contribution in [0.15, 0.2) is 47.8 Å². The zero-order valence-corrected chi connectivity index (χ0v) is 24.5. The summed E-state index contributed by atoms with van der Waals surface area (Å²) in [6, 6.07) is 12.1. The van der Waals surface area contributed by atoms with Crippen LogP contribution in [-0.4, -0.2) is 72.3 Å². The van der Waals surface area contributed by atoms with Crippen LogP contribution in [0.4, 0.5) is 10.7 Å². The molecule has 1 aliphatic rings. The molecule has 0 spiro atoms. The maximum Gasteiger partial charge on any atom is 0.341 e. The van der Waals surface area contributed by atoms with Gasteiger partial charge in [-0.05, 0) is 18.6 Å². The van der Waals surface area contributed by atoms with Crippen molar-refractivity contribution in [2.24, 2.45) is 0 Å². The molecule has 10 nitrogen and oxygen atoms in total. The lowest BCUT2D eigenvalue weighted by molar-refractivity contribution is -0.384. The van der Waals surface area contributed by atoms with Gasteiger partial charge in [0.05, 0.1) is 23.6 Å². The van der Waals surface area contributed by atoms with Gasteiger partial charge in [0.15, 0.2) is 0 Å². The molecule has 2 aromatic heterocycles. The summed E-state index contributed by atoms with van der Waals surface area (Å²) in [5.74, 6) is -1.05. The van der Waals surface area contributed by atoms with Gasteiger partial charge in [-0.1, -0.05) is 41.4 Å². The molecule has 4 aromatic rings. The number of esters is 1. The van der Waals surface area contributed by atoms with E-state index in [1.165, 1.54) is 30.6 Å². The summed E-state index contributed by atoms with van der Waals surface area (Å²) in [4.78, 5) is 53.4. The minimum atomic E-state index is -0.529. The molecule has 0 atom stereocenters. The molecule has 13 heteroatoms. The van der Waals surface area contributed by atoms with Crippen LogP contribution in [0.1, 0.15) is 25.6 Å². The maximum absolute atomic E-state index is 13.2. The lowest BCUT2D eigenvalue weighted by Gasteiger charge is -2.34. The molecule has 3 heterocycles. The monoisotopic (exact) mass is 612 g/mol. The highest BCUT2D eigenvalue weighted by molar-refractivity contribution is 7.21. The Kier molecular flexibility index (Phi) is 8.36. The van der Waals surface area contributed by atoms with Crippen molar-refractivity contribution in [2.75, 3.05) is 45.2 Å². The highest BCUT2D eigenvalue weighted by Crippen LogP contribution is 2.38. The van der Waals surface area contributed by atoms with Crippen LogP contribution in [0.2, 0.25) is 5.02 Å². The summed E-state index contributed by atoms with van der Waals surface area (Å²) in [7, 11) is 1.31. The second-order valence-corrected chi connectivity index (χ2v) is 11.8. The number of non-ortho nitro benzene ring substituents is 1. The molecule has 0 unspecified atom stereocenters. The predicted octanol–water partition coefficient (Wildman–Crippen LogP) is 5.68. The number of carbonyl (C=O) groups is 3. The Morgan fingerprint density at radius 1 is 1.10 bits per heavy atom. The van der Waals surface area contributed by atoms with Crippen molar-refractivity contribution in [3.8, 4) is 11.1 Å². The van der Waals surface area contributed by atoms with Crippen molar-refractivity contribution < 1.29 is 24.0 Å². The van der Waals surface area contributed by atoms with E-state index in [1.54, 1.807) is 11.0 Å². The molecule has 0 saturated carbocycles. The first-order valence-electron chi connectivity index (χ1n) is 12.6. The van der Waals surface area contributed by atoms with Crippen LogP contribution in [0.25, 0.3) is 21.2 Å². The molecule has 2 aromatic carbocycles. The second-order valence-electron chi connectivity index (χ2n) is 9.51. The van der Waals surface area contributed by atoms with Gasteiger partial charge in [-0.3, -0.25) is 24.6 Å². The van der Waals surface area contributed by atoms with E-state index in [-0.39, 0.29) is 29.1 Å². The third-order valence-electron chi connectivity index (χ3n) is 6.84. The van der Waals surface area contributed by atoms with E-state index < -0.39 is 10.9 Å². The van der Waals surface area contributed by atoms with Crippen LogP contribution in [0.5, 0.6) is 0 Å². The molecular weight excluding hydrogens is 588 g/mol. The summed E-state index contributed by atoms with van der Waals surface area (Å²) in [6.07, 6.45) is 0. The fourth-order valence-corrected chi connectivity index (χ4v) is 7.11. The normalized spacial score (nSPS) is 13.8. The smallest absolute Gasteiger partial charge is 0.341 e. The number of carbonyl (C=O) groups excluding carboxylic acids is 3. The highest BCUT2D eigenvalue weighted by Gasteiger charge is 2.28. The van der Waals surface area contributed by atoms with Gasteiger partial charge in [0.2, 0.25) is 5.91 Å². The van der Waals surface area contributed by atoms with Gasteiger partial charge in [0.1, 0.15) is 15.4 Å². The number of rotatable bonds is 7. The van der Waals surface area contributed by atoms with Gasteiger partial charge in [-0.15, -0.1) is 22.7 Å². The van der Waals surface area contributed by atoms with Crippen molar-refractivity contribution in [1.29, 1.82) is 0 Å². The number of nitro groups is 1. The largest absolute Gasteiger partial charge is 0.465 e. The Morgan fingerprint density at radius 2 is 1.80 bits per heavy atom. The molecule has 0 bridgehead atoms. The summed E-state index contributed by atoms with van der Waals surface area (Å²) in [6.45, 7) is 3.79. The molecule has 1 fully saturated rings. The number of thiophene rings is 2. The van der Waals surface area contributed by atoms with Crippen molar-refractivity contribution in [3.05, 3.63) is 79.0 Å². The number of nitrogens with zero attached hydrogens (tertiary/aromatic N) is 3. The number of hydrogen-bond donors (Lipinski definition) is 1. The van der Waals surface area contributed by atoms with E-state index in [9.17, 15) is 24.5 Å². The minimum absolute atomic E-state index is 0.0612. The highest BCUT2D eigenvalue weighted by atomic mass is 35.5. The number of methoxy groups -OCH3 is 1. The number of halogens is 1. The maximum atomic E-state index is 13.2. The molecule has 1 N–H and O–H groups in total. The summed E-state index contributed by atoms with van der Waals surface area (Å²) >= 11 is 8.87. The summed E-state index contributed by atoms with van der Waals surface area (Å²) in [5.41, 5.74) is 2.89. The number of amides is 2. The summed E-state index contributed by atoms with van der Waals surface area (Å²) in [5, 5.41) is 17.1. The van der Waals surface area contributed by atoms with Gasteiger partial charge in [0.25, 0.3) is 11.6 Å². The summed E-state index contributed by atoms with van der Waals surface area (Å²) < 4.78 is 5.57. The molecule has 0 aliphatic carbocycles. The Hall–Kier alpha value is -3.84. The zero-order chi connectivity index (χ0) is 29.3. The number of benzene rings is 2. The van der Waals surface area contributed by atoms with Crippen LogP contribution < -0.4 is 5.32 Å². The molecule has 5 rings (SSSR count). The van der Waals surface area contributed by atoms with Crippen LogP contribution in [0, 0.1) is 17.0 Å². The van der Waals surface area contributed by atoms with Crippen molar-refractivity contribution in [1.82, 2.24) is 9.80 Å². The molecule has 1 saturated heterocycles. The third kappa shape index (κ3) is 5.96. The first-order valence-corrected chi connectivity index (χ1v) is 14.7. The lowest BCUT2D eigenvalue weighted by atomic mass is 10.0. The molecular formula is C28H25ClN4O6S2. The number of aryl methyl sites for hydroxylation is 1. The molecule has 1 aliphatic heterocycles. The van der Waals surface area contributed by atoms with Gasteiger partial charge in [0, 0.05) is 59.3 Å². The standard InChI is InChI=1S/C28H25ClN4O6S2/c1-16-3-5-17(6-4-16)20-15-40-26(23(20)28(36)39-2)30-22(34)14-31-9-11-32(12-10-31)27(35)25-24(29)19-8-7-18(33(37)38)13-21(19)41-25/h3-8,13,15H,9-12,14H2,1-2H3,(H,30,34). The zero-order valence-electron chi connectivity index (χ0n) is 22.1. The van der Waals surface area contributed by atoms with Gasteiger partial charge in [-0.25, -0.2) is 4.79 Å². The van der Waals surface area contributed by atoms with Gasteiger partial charge in [-0.2, -0.15) is 0 Å². The third-order valence-corrected chi connectivity index (χ3v) is 9.38. The van der Waals surface area contributed by atoms with E-state index in [1.807, 2.05) is 41.5 Å². The molecule has 0 radical (unpaired) electrons. The first kappa shape index (κ1) is 28.7. The van der Waals surface area contributed by atoms with Crippen molar-refractivity contribution in [2.45, 2.75) is 6.92 Å². The first-order chi connectivity index (χ1) is 19.7. The topological polar surface area (TPSA) is 122 Å². The fraction of sp³-hybridized carbons (Fsp3) is 0.250. The van der Waals surface area contributed by atoms with E-state index in [2.05, 4.69) is 5.32 Å². The molecule has 41 heavy (non-hydrogen) atoms. The lowest BCUT2D eigenvalue weighted by Crippen LogP contribution is -2.50. The second kappa shape index (κ2) is 12.0. The van der Waals surface area contributed by atoms with E-state index in [4.69, 9.17) is 16.3 Å². The number of hydrogen-bond acceptors (Lipinski definition) is 9. The Bertz CT molecular complexity index is 1660. The van der Waals surface area contributed by atoms with Crippen LogP contribution in [0.3, 0.4) is 0 Å². The number of piperazine rings is 1. The van der Waals surface area contributed by atoms with E-state index >= 15 is 0 Å². The number of anilines is 1. The minimum Gasteiger partial charge on any atom is -0.465 e. The number of ether oxygens (including phenoxy) is 1. The quantitative estimate of drug-likeness (QED) is 0.162. The fourth-order valence-electron chi connectivity index (χ4n) is 4.63. The van der Waals surface area contributed by atoms with E-state index in [0.29, 0.717) is 57.3 Å². The number of nitrogens with one attached hydrogen (secondary N) is 1. The average molecular weight is 613 g/mol. The van der Waals surface area contributed by atoms with Gasteiger partial charge < -0.3 is 15.0 Å². The van der Waals surface area contributed by atoms with Crippen LogP contribution in [-0.2, 0) is 9.53 Å². The van der Waals surface area contributed by atoms with Crippen LogP contribution >= 0.6 is 34.3 Å². The Morgan fingerprint density at radius 3 is 2.46 bits per heavy atom. The Balaban J connectivity index is 1.22. The average Bonchev–Trinajstić information content (AvgIpc) is 3.53. The molecule has 2 amide bonds. The molecule has 212 valence electrons. The van der Waals surface area contributed by atoms with E-state index in [0.717, 1.165) is 22.5 Å².